The monoisotopic (exact) mass is 231 g/mol. The zero-order valence-electron chi connectivity index (χ0n) is 9.24. The Morgan fingerprint density at radius 1 is 1.41 bits per heavy atom. The Kier molecular flexibility index (Phi) is 3.75. The fourth-order valence-corrected chi connectivity index (χ4v) is 1.32. The van der Waals surface area contributed by atoms with Gasteiger partial charge in [-0.2, -0.15) is 0 Å². The number of allylic oxidation sites excluding steroid dienone is 1. The van der Waals surface area contributed by atoms with Gasteiger partial charge in [0.05, 0.1) is 0 Å². The van der Waals surface area contributed by atoms with E-state index in [2.05, 4.69) is 10.3 Å². The largest absolute Gasteiger partial charge is 0.428 e. The van der Waals surface area contributed by atoms with Gasteiger partial charge >= 0.3 is 6.09 Å². The van der Waals surface area contributed by atoms with Crippen molar-refractivity contribution < 1.29 is 9.53 Å². The van der Waals surface area contributed by atoms with Gasteiger partial charge in [0.15, 0.2) is 6.73 Å². The number of ether oxygens (including phenoxy) is 1. The molecular formula is C12H13N3O2. The molecule has 0 aromatic heterocycles. The van der Waals surface area contributed by atoms with Crippen LogP contribution in [0, 0.1) is 0 Å². The normalized spacial score (nSPS) is 13.5. The summed E-state index contributed by atoms with van der Waals surface area (Å²) >= 11 is 0. The van der Waals surface area contributed by atoms with Crippen LogP contribution in [0.3, 0.4) is 0 Å². The highest BCUT2D eigenvalue weighted by molar-refractivity contribution is 5.84. The number of rotatable bonds is 3. The summed E-state index contributed by atoms with van der Waals surface area (Å²) in [5.41, 5.74) is 0.713. The second kappa shape index (κ2) is 5.69. The average Bonchev–Trinajstić information content (AvgIpc) is 2.39. The van der Waals surface area contributed by atoms with Crippen LogP contribution >= 0.6 is 0 Å². The van der Waals surface area contributed by atoms with Gasteiger partial charge in [-0.15, -0.1) is 0 Å². The molecule has 1 aliphatic rings. The third-order valence-corrected chi connectivity index (χ3v) is 2.13. The van der Waals surface area contributed by atoms with Crippen LogP contribution < -0.4 is 5.32 Å². The molecule has 0 atom stereocenters. The lowest BCUT2D eigenvalue weighted by Crippen LogP contribution is -2.26. The van der Waals surface area contributed by atoms with Crippen molar-refractivity contribution in [3.8, 4) is 0 Å². The van der Waals surface area contributed by atoms with Crippen molar-refractivity contribution >= 4 is 18.0 Å². The summed E-state index contributed by atoms with van der Waals surface area (Å²) in [5, 5.41) is 2.63. The maximum atomic E-state index is 11.4. The summed E-state index contributed by atoms with van der Waals surface area (Å²) in [5.74, 6) is 0. The summed E-state index contributed by atoms with van der Waals surface area (Å²) in [7, 11) is 0. The molecule has 1 aliphatic heterocycles. The lowest BCUT2D eigenvalue weighted by molar-refractivity contribution is 0.105. The minimum Gasteiger partial charge on any atom is -0.428 e. The Bertz CT molecular complexity index is 429. The Hall–Kier alpha value is -2.30. The maximum absolute atomic E-state index is 11.4. The van der Waals surface area contributed by atoms with Crippen molar-refractivity contribution in [1.29, 1.82) is 0 Å². The number of hydrogen-bond donors (Lipinski definition) is 1. The van der Waals surface area contributed by atoms with E-state index in [9.17, 15) is 4.79 Å². The van der Waals surface area contributed by atoms with E-state index in [4.69, 9.17) is 4.74 Å². The first-order valence-electron chi connectivity index (χ1n) is 5.24. The Morgan fingerprint density at radius 3 is 2.94 bits per heavy atom. The fraction of sp³-hybridized carbons (Fsp3) is 0.167. The van der Waals surface area contributed by atoms with Crippen molar-refractivity contribution in [1.82, 2.24) is 4.90 Å². The average molecular weight is 231 g/mol. The van der Waals surface area contributed by atoms with Gasteiger partial charge in [0.25, 0.3) is 0 Å². The van der Waals surface area contributed by atoms with Crippen molar-refractivity contribution in [3.63, 3.8) is 0 Å². The maximum Gasteiger partial charge on any atom is 0.413 e. The highest BCUT2D eigenvalue weighted by atomic mass is 16.6. The molecule has 5 nitrogen and oxygen atoms in total. The SMILES string of the molecule is O=C(Nc1ccccc1)OCN1C=CC=NC1. The molecule has 1 N–H and O–H groups in total. The Morgan fingerprint density at radius 2 is 2.24 bits per heavy atom. The zero-order chi connectivity index (χ0) is 11.9. The first-order chi connectivity index (χ1) is 8.34. The topological polar surface area (TPSA) is 53.9 Å². The van der Waals surface area contributed by atoms with E-state index in [1.807, 2.05) is 24.4 Å². The third kappa shape index (κ3) is 3.64. The number of nitrogens with one attached hydrogen (secondary N) is 1. The first-order valence-corrected chi connectivity index (χ1v) is 5.24. The van der Waals surface area contributed by atoms with Gasteiger partial charge in [0.2, 0.25) is 0 Å². The van der Waals surface area contributed by atoms with E-state index in [1.54, 1.807) is 29.3 Å². The molecule has 0 aliphatic carbocycles. The van der Waals surface area contributed by atoms with Gasteiger partial charge in [-0.3, -0.25) is 10.3 Å². The molecule has 1 amide bonds. The van der Waals surface area contributed by atoms with Gasteiger partial charge in [0.1, 0.15) is 6.67 Å². The van der Waals surface area contributed by atoms with E-state index >= 15 is 0 Å². The highest BCUT2D eigenvalue weighted by Crippen LogP contribution is 2.05. The minimum atomic E-state index is -0.473. The van der Waals surface area contributed by atoms with Crippen LogP contribution in [-0.4, -0.2) is 30.6 Å². The molecule has 1 aromatic rings. The van der Waals surface area contributed by atoms with Gasteiger partial charge < -0.3 is 9.64 Å². The van der Waals surface area contributed by atoms with Crippen LogP contribution in [0.25, 0.3) is 0 Å². The molecule has 2 rings (SSSR count). The summed E-state index contributed by atoms with van der Waals surface area (Å²) in [6.07, 6.45) is 4.85. The van der Waals surface area contributed by atoms with Crippen molar-refractivity contribution in [2.24, 2.45) is 4.99 Å². The van der Waals surface area contributed by atoms with E-state index in [0.717, 1.165) is 0 Å². The number of carbonyl (C=O) groups is 1. The predicted molar refractivity (Wildman–Crippen MR) is 65.8 cm³/mol. The van der Waals surface area contributed by atoms with E-state index in [0.29, 0.717) is 12.4 Å². The lowest BCUT2D eigenvalue weighted by Gasteiger charge is -2.19. The van der Waals surface area contributed by atoms with Gasteiger partial charge in [-0.25, -0.2) is 4.79 Å². The number of amides is 1. The van der Waals surface area contributed by atoms with Crippen LogP contribution in [0.4, 0.5) is 10.5 Å². The molecule has 0 spiro atoms. The fourth-order valence-electron chi connectivity index (χ4n) is 1.32. The highest BCUT2D eigenvalue weighted by Gasteiger charge is 2.05. The summed E-state index contributed by atoms with van der Waals surface area (Å²) < 4.78 is 5.04. The molecule has 0 saturated carbocycles. The molecule has 0 unspecified atom stereocenters. The second-order valence-electron chi connectivity index (χ2n) is 3.46. The number of hydrogen-bond acceptors (Lipinski definition) is 4. The molecular weight excluding hydrogens is 218 g/mol. The van der Waals surface area contributed by atoms with E-state index in [-0.39, 0.29) is 6.73 Å². The Balaban J connectivity index is 1.74. The van der Waals surface area contributed by atoms with Crippen LogP contribution in [0.5, 0.6) is 0 Å². The quantitative estimate of drug-likeness (QED) is 0.866. The smallest absolute Gasteiger partial charge is 0.413 e. The molecule has 1 aromatic carbocycles. The lowest BCUT2D eigenvalue weighted by atomic mass is 10.3. The van der Waals surface area contributed by atoms with Crippen LogP contribution in [-0.2, 0) is 4.74 Å². The number of anilines is 1. The second-order valence-corrected chi connectivity index (χ2v) is 3.46. The summed E-state index contributed by atoms with van der Waals surface area (Å²) in [4.78, 5) is 17.2. The molecule has 0 radical (unpaired) electrons. The van der Waals surface area contributed by atoms with Gasteiger partial charge in [-0.1, -0.05) is 18.2 Å². The van der Waals surface area contributed by atoms with Gasteiger partial charge in [0, 0.05) is 18.1 Å². The van der Waals surface area contributed by atoms with Crippen LogP contribution in [0.2, 0.25) is 0 Å². The molecule has 0 bridgehead atoms. The standard InChI is InChI=1S/C12H13N3O2/c16-12(14-11-5-2-1-3-6-11)17-10-15-8-4-7-13-9-15/h1-8H,9-10H2,(H,14,16). The number of para-hydroxylation sites is 1. The molecule has 1 heterocycles. The first kappa shape index (κ1) is 11.2. The van der Waals surface area contributed by atoms with E-state index in [1.165, 1.54) is 0 Å². The predicted octanol–water partition coefficient (Wildman–Crippen LogP) is 2.05. The van der Waals surface area contributed by atoms with Crippen molar-refractivity contribution in [2.75, 3.05) is 18.7 Å². The molecule has 17 heavy (non-hydrogen) atoms. The molecule has 5 heteroatoms. The van der Waals surface area contributed by atoms with Crippen molar-refractivity contribution in [3.05, 3.63) is 42.6 Å². The van der Waals surface area contributed by atoms with Crippen LogP contribution in [0.1, 0.15) is 0 Å². The molecule has 0 saturated heterocycles. The number of aliphatic imine (C=N–C) groups is 1. The zero-order valence-corrected chi connectivity index (χ0v) is 9.24. The Labute approximate surface area is 99.4 Å². The van der Waals surface area contributed by atoms with E-state index < -0.39 is 6.09 Å². The third-order valence-electron chi connectivity index (χ3n) is 2.13. The summed E-state index contributed by atoms with van der Waals surface area (Å²) in [6.45, 7) is 0.696. The molecule has 88 valence electrons. The number of nitrogens with zero attached hydrogens (tertiary/aromatic N) is 2. The van der Waals surface area contributed by atoms with Crippen molar-refractivity contribution in [2.45, 2.75) is 0 Å². The number of carbonyl (C=O) groups excluding carboxylic acids is 1. The molecule has 0 fully saturated rings. The minimum absolute atomic E-state index is 0.187. The van der Waals surface area contributed by atoms with Crippen LogP contribution in [0.15, 0.2) is 47.6 Å². The summed E-state index contributed by atoms with van der Waals surface area (Å²) in [6, 6.07) is 9.17. The number of benzene rings is 1. The van der Waals surface area contributed by atoms with Gasteiger partial charge in [-0.05, 0) is 18.2 Å².